The molecular weight excluding hydrogens is 654 g/mol. The van der Waals surface area contributed by atoms with Gasteiger partial charge in [-0.3, -0.25) is 34.1 Å². The van der Waals surface area contributed by atoms with Crippen molar-refractivity contribution in [2.75, 3.05) is 11.9 Å². The maximum absolute atomic E-state index is 13.1. The molecule has 5 amide bonds. The smallest absolute Gasteiger partial charge is 0.255 e. The Hall–Kier alpha value is -4.42. The van der Waals surface area contributed by atoms with Crippen molar-refractivity contribution in [1.82, 2.24) is 20.5 Å². The van der Waals surface area contributed by atoms with E-state index in [2.05, 4.69) is 20.9 Å². The van der Waals surface area contributed by atoms with E-state index in [1.807, 2.05) is 29.6 Å². The van der Waals surface area contributed by atoms with Gasteiger partial charge in [0, 0.05) is 84.4 Å². The maximum atomic E-state index is 13.1. The van der Waals surface area contributed by atoms with E-state index in [1.54, 1.807) is 18.2 Å². The summed E-state index contributed by atoms with van der Waals surface area (Å²) in [5, 5.41) is 11.6. The molecule has 2 aliphatic rings. The largest absolute Gasteiger partial charge is 0.356 e. The van der Waals surface area contributed by atoms with Gasteiger partial charge in [-0.1, -0.05) is 42.3 Å². The summed E-state index contributed by atoms with van der Waals surface area (Å²) >= 11 is 7.76. The predicted molar refractivity (Wildman–Crippen MR) is 182 cm³/mol. The van der Waals surface area contributed by atoms with Crippen molar-refractivity contribution < 1.29 is 28.8 Å². The summed E-state index contributed by atoms with van der Waals surface area (Å²) in [6, 6.07) is 11.8. The molecule has 1 aromatic heterocycles. The number of carbonyl (C=O) groups is 6. The van der Waals surface area contributed by atoms with Crippen LogP contribution in [0.3, 0.4) is 0 Å². The first-order valence-electron chi connectivity index (χ1n) is 16.2. The summed E-state index contributed by atoms with van der Waals surface area (Å²) < 4.78 is 0. The number of hydrogen-bond donors (Lipinski definition) is 3. The van der Waals surface area contributed by atoms with Gasteiger partial charge in [0.1, 0.15) is 11.8 Å². The van der Waals surface area contributed by atoms with Crippen LogP contribution in [0.5, 0.6) is 0 Å². The molecule has 2 aliphatic heterocycles. The van der Waals surface area contributed by atoms with Gasteiger partial charge in [-0.15, -0.1) is 11.3 Å². The molecule has 13 heteroatoms. The molecule has 5 rings (SSSR count). The minimum absolute atomic E-state index is 0.0117. The number of nitrogens with zero attached hydrogens (tertiary/aromatic N) is 2. The van der Waals surface area contributed by atoms with Crippen LogP contribution < -0.4 is 16.0 Å². The zero-order valence-electron chi connectivity index (χ0n) is 26.5. The highest BCUT2D eigenvalue weighted by molar-refractivity contribution is 7.10. The Balaban J connectivity index is 0.955. The normalized spacial score (nSPS) is 15.9. The van der Waals surface area contributed by atoms with Crippen LogP contribution in [0.25, 0.3) is 11.3 Å². The van der Waals surface area contributed by atoms with Crippen LogP contribution in [-0.2, 0) is 36.9 Å². The Labute approximate surface area is 287 Å². The summed E-state index contributed by atoms with van der Waals surface area (Å²) in [5.74, 6) is -1.53. The highest BCUT2D eigenvalue weighted by Gasteiger charge is 2.38. The second kappa shape index (κ2) is 16.6. The number of benzene rings is 2. The number of imide groups is 1. The second-order valence-electron chi connectivity index (χ2n) is 11.9. The van der Waals surface area contributed by atoms with Gasteiger partial charge in [0.15, 0.2) is 0 Å². The van der Waals surface area contributed by atoms with Crippen molar-refractivity contribution >= 4 is 63.9 Å². The molecule has 0 aliphatic carbocycles. The van der Waals surface area contributed by atoms with E-state index in [-0.39, 0.29) is 55.2 Å². The number of nitrogens with one attached hydrogen (secondary N) is 3. The number of amides is 5. The quantitative estimate of drug-likeness (QED) is 0.146. The number of halogens is 1. The number of aromatic nitrogens is 1. The number of rotatable bonds is 15. The van der Waals surface area contributed by atoms with E-state index >= 15 is 0 Å². The van der Waals surface area contributed by atoms with Crippen LogP contribution in [0.4, 0.5) is 5.69 Å². The number of Topliss-reactive ketones (excluding diaryl/α,β-unsaturated/α-hetero) is 1. The van der Waals surface area contributed by atoms with E-state index < -0.39 is 11.9 Å². The first kappa shape index (κ1) is 34.9. The molecule has 0 radical (unpaired) electrons. The third-order valence-electron chi connectivity index (χ3n) is 8.45. The monoisotopic (exact) mass is 691 g/mol. The van der Waals surface area contributed by atoms with E-state index in [1.165, 1.54) is 16.2 Å². The first-order chi connectivity index (χ1) is 23.2. The minimum Gasteiger partial charge on any atom is -0.356 e. The van der Waals surface area contributed by atoms with E-state index in [0.29, 0.717) is 66.9 Å². The molecule has 1 fully saturated rings. The summed E-state index contributed by atoms with van der Waals surface area (Å²) in [6.45, 7) is 0.677. The molecule has 3 N–H and O–H groups in total. The van der Waals surface area contributed by atoms with Crippen molar-refractivity contribution in [3.63, 3.8) is 0 Å². The number of anilines is 1. The Bertz CT molecular complexity index is 1710. The molecule has 11 nitrogen and oxygen atoms in total. The van der Waals surface area contributed by atoms with Crippen LogP contribution in [0, 0.1) is 0 Å². The van der Waals surface area contributed by atoms with Crippen molar-refractivity contribution in [2.45, 2.75) is 83.2 Å². The maximum Gasteiger partial charge on any atom is 0.255 e. The van der Waals surface area contributed by atoms with Crippen LogP contribution >= 0.6 is 22.9 Å². The van der Waals surface area contributed by atoms with Crippen molar-refractivity contribution in [1.29, 1.82) is 0 Å². The fourth-order valence-electron chi connectivity index (χ4n) is 5.86. The lowest BCUT2D eigenvalue weighted by Crippen LogP contribution is -2.46. The number of ketones is 1. The van der Waals surface area contributed by atoms with Gasteiger partial charge in [0.05, 0.1) is 10.7 Å². The minimum atomic E-state index is -0.752. The Morgan fingerprint density at radius 1 is 0.938 bits per heavy atom. The first-order valence-corrected chi connectivity index (χ1v) is 17.5. The SMILES string of the molecule is O=C(CCCCCNC(=O)CCc1nc(-c2ccccc2Cl)cs1)CCC(=O)Nc1cccc2c1CN([C@H]1CCCC(=O)NC1=O)C2=O. The number of unbranched alkanes of at least 4 members (excludes halogenated alkanes) is 2. The average molecular weight is 692 g/mol. The molecule has 2 aromatic carbocycles. The highest BCUT2D eigenvalue weighted by Crippen LogP contribution is 2.33. The molecule has 3 heterocycles. The van der Waals surface area contributed by atoms with Crippen LogP contribution in [0.15, 0.2) is 47.8 Å². The van der Waals surface area contributed by atoms with Gasteiger partial charge in [-0.2, -0.15) is 0 Å². The number of hydrogen-bond acceptors (Lipinski definition) is 8. The molecule has 0 saturated carbocycles. The number of carbonyl (C=O) groups excluding carboxylic acids is 6. The van der Waals surface area contributed by atoms with Gasteiger partial charge in [-0.05, 0) is 43.9 Å². The molecule has 0 unspecified atom stereocenters. The van der Waals surface area contributed by atoms with Gasteiger partial charge in [0.25, 0.3) is 5.91 Å². The van der Waals surface area contributed by atoms with E-state index in [0.717, 1.165) is 29.1 Å². The molecule has 48 heavy (non-hydrogen) atoms. The molecular formula is C35H38ClN5O6S. The van der Waals surface area contributed by atoms with Crippen molar-refractivity contribution in [2.24, 2.45) is 0 Å². The van der Waals surface area contributed by atoms with Crippen LogP contribution in [0.1, 0.15) is 85.1 Å². The highest BCUT2D eigenvalue weighted by atomic mass is 35.5. The third-order valence-corrected chi connectivity index (χ3v) is 9.68. The molecule has 1 atom stereocenters. The molecule has 252 valence electrons. The predicted octanol–water partition coefficient (Wildman–Crippen LogP) is 5.21. The molecule has 0 spiro atoms. The van der Waals surface area contributed by atoms with Crippen molar-refractivity contribution in [3.05, 3.63) is 69.0 Å². The van der Waals surface area contributed by atoms with Gasteiger partial charge in [0.2, 0.25) is 23.6 Å². The topological polar surface area (TPSA) is 155 Å². The number of fused-ring (bicyclic) bond motifs is 1. The zero-order chi connectivity index (χ0) is 34.0. The van der Waals surface area contributed by atoms with E-state index in [9.17, 15) is 28.8 Å². The van der Waals surface area contributed by atoms with Gasteiger partial charge in [-0.25, -0.2) is 4.98 Å². The lowest BCUT2D eigenvalue weighted by molar-refractivity contribution is -0.132. The summed E-state index contributed by atoms with van der Waals surface area (Å²) in [4.78, 5) is 80.8. The summed E-state index contributed by atoms with van der Waals surface area (Å²) in [5.41, 5.74) is 3.18. The fraction of sp³-hybridized carbons (Fsp3) is 0.400. The van der Waals surface area contributed by atoms with E-state index in [4.69, 9.17) is 11.6 Å². The Kier molecular flexibility index (Phi) is 12.1. The van der Waals surface area contributed by atoms with Gasteiger partial charge >= 0.3 is 0 Å². The standard InChI is InChI=1S/C35H38ClN5O6S/c36-26-11-4-3-9-24(26)28-21-48-33(39-28)18-17-30(43)37-19-5-1-2-8-22(42)15-16-32(45)38-27-12-6-10-23-25(27)20-41(35(23)47)29-13-7-14-31(44)40-34(29)46/h3-4,6,9-12,21,29H,1-2,5,7-8,13-20H2,(H,37,43)(H,38,45)(H,40,44,46)/t29-/m0/s1. The summed E-state index contributed by atoms with van der Waals surface area (Å²) in [6.07, 6.45) is 4.69. The molecule has 0 bridgehead atoms. The third kappa shape index (κ3) is 9.13. The second-order valence-corrected chi connectivity index (χ2v) is 13.3. The van der Waals surface area contributed by atoms with Gasteiger partial charge < -0.3 is 15.5 Å². The van der Waals surface area contributed by atoms with Crippen LogP contribution in [-0.4, -0.2) is 57.8 Å². The lowest BCUT2D eigenvalue weighted by atomic mass is 10.1. The fourth-order valence-corrected chi connectivity index (χ4v) is 6.89. The molecule has 3 aromatic rings. The Morgan fingerprint density at radius 2 is 1.75 bits per heavy atom. The molecule has 1 saturated heterocycles. The van der Waals surface area contributed by atoms with Crippen LogP contribution in [0.2, 0.25) is 5.02 Å². The summed E-state index contributed by atoms with van der Waals surface area (Å²) in [7, 11) is 0. The zero-order valence-corrected chi connectivity index (χ0v) is 28.1. The Morgan fingerprint density at radius 3 is 2.58 bits per heavy atom. The number of aryl methyl sites for hydroxylation is 1. The number of thiazole rings is 1. The average Bonchev–Trinajstić information content (AvgIpc) is 3.63. The lowest BCUT2D eigenvalue weighted by Gasteiger charge is -2.24. The van der Waals surface area contributed by atoms with Crippen molar-refractivity contribution in [3.8, 4) is 11.3 Å².